The highest BCUT2D eigenvalue weighted by molar-refractivity contribution is 5.40. The molecular weight excluding hydrogens is 68.0 g/mol. The van der Waals surface area contributed by atoms with E-state index in [2.05, 4.69) is 4.74 Å². The van der Waals surface area contributed by atoms with Crippen LogP contribution in [0.3, 0.4) is 0 Å². The van der Waals surface area contributed by atoms with Crippen molar-refractivity contribution in [2.24, 2.45) is 0 Å². The van der Waals surface area contributed by atoms with Crippen molar-refractivity contribution in [3.05, 3.63) is 0 Å². The number of rotatable bonds is 2. The summed E-state index contributed by atoms with van der Waals surface area (Å²) in [6.07, 6.45) is 0.931. The Morgan fingerprint density at radius 1 is 2.00 bits per heavy atom. The minimum absolute atomic E-state index is 0.601. The van der Waals surface area contributed by atoms with Crippen molar-refractivity contribution < 1.29 is 4.74 Å². The van der Waals surface area contributed by atoms with Gasteiger partial charge in [-0.15, -0.1) is 0 Å². The summed E-state index contributed by atoms with van der Waals surface area (Å²) in [6, 6.07) is 0. The van der Waals surface area contributed by atoms with Gasteiger partial charge in [0.2, 0.25) is 0 Å². The second-order valence-corrected chi connectivity index (χ2v) is 0.573. The third-order valence-corrected chi connectivity index (χ3v) is 0.250. The molecule has 0 saturated heterocycles. The van der Waals surface area contributed by atoms with E-state index < -0.39 is 0 Å². The van der Waals surface area contributed by atoms with Crippen LogP contribution in [-0.2, 0) is 4.74 Å². The van der Waals surface area contributed by atoms with E-state index in [9.17, 15) is 0 Å². The van der Waals surface area contributed by atoms with Crippen molar-refractivity contribution in [3.63, 3.8) is 0 Å². The zero-order chi connectivity index (χ0) is 4.12. The van der Waals surface area contributed by atoms with E-state index in [4.69, 9.17) is 5.41 Å². The van der Waals surface area contributed by atoms with Gasteiger partial charge in [0, 0.05) is 0 Å². The molecular formula is C3H7NO. The monoisotopic (exact) mass is 75.1 g/mol. The Kier molecular flexibility index (Phi) is 3.10. The Labute approximate surface area is 31.3 Å². The molecule has 2 nitrogen and oxygen atoms in total. The van der Waals surface area contributed by atoms with E-state index in [-0.39, 0.29) is 0 Å². The van der Waals surface area contributed by atoms with Crippen molar-refractivity contribution >= 4 is 6.40 Å². The second-order valence-electron chi connectivity index (χ2n) is 0.573. The largest absolute Gasteiger partial charge is 0.484 e. The summed E-state index contributed by atoms with van der Waals surface area (Å²) < 4.78 is 4.38. The molecule has 30 valence electrons. The summed E-state index contributed by atoms with van der Waals surface area (Å²) in [4.78, 5) is 0. The second kappa shape index (κ2) is 3.47. The van der Waals surface area contributed by atoms with Gasteiger partial charge in [-0.3, -0.25) is 5.41 Å². The predicted molar refractivity (Wildman–Crippen MR) is 20.4 cm³/mol. The molecule has 2 heteroatoms. The molecule has 0 aliphatic heterocycles. The summed E-state index contributed by atoms with van der Waals surface area (Å²) >= 11 is 0. The van der Waals surface area contributed by atoms with Crippen LogP contribution in [0.15, 0.2) is 0 Å². The molecule has 0 bridgehead atoms. The van der Waals surface area contributed by atoms with Crippen LogP contribution in [-0.4, -0.2) is 13.0 Å². The lowest BCUT2D eigenvalue weighted by Crippen LogP contribution is -1.80. The van der Waals surface area contributed by atoms with Crippen molar-refractivity contribution in [2.75, 3.05) is 6.61 Å². The maximum absolute atomic E-state index is 6.26. The van der Waals surface area contributed by atoms with E-state index >= 15 is 0 Å². The van der Waals surface area contributed by atoms with E-state index in [0.29, 0.717) is 6.61 Å². The first-order chi connectivity index (χ1) is 2.41. The maximum atomic E-state index is 6.26. The van der Waals surface area contributed by atoms with Gasteiger partial charge in [-0.05, 0) is 6.92 Å². The Hall–Kier alpha value is -0.530. The molecule has 0 saturated carbocycles. The first-order valence-corrected chi connectivity index (χ1v) is 1.52. The van der Waals surface area contributed by atoms with Gasteiger partial charge in [0.1, 0.15) is 0 Å². The van der Waals surface area contributed by atoms with E-state index in [1.807, 2.05) is 6.92 Å². The van der Waals surface area contributed by atoms with Crippen LogP contribution in [0.4, 0.5) is 0 Å². The molecule has 0 atom stereocenters. The minimum atomic E-state index is 0.601. The van der Waals surface area contributed by atoms with Gasteiger partial charge >= 0.3 is 0 Å². The quantitative estimate of drug-likeness (QED) is 0.379. The van der Waals surface area contributed by atoms with Crippen LogP contribution < -0.4 is 0 Å². The molecule has 0 amide bonds. The van der Waals surface area contributed by atoms with Gasteiger partial charge in [0.25, 0.3) is 0 Å². The van der Waals surface area contributed by atoms with Crippen LogP contribution in [0.25, 0.3) is 0 Å². The van der Waals surface area contributed by atoms with Crippen molar-refractivity contribution in [1.29, 1.82) is 5.41 Å². The van der Waals surface area contributed by atoms with Gasteiger partial charge in [-0.1, -0.05) is 0 Å². The van der Waals surface area contributed by atoms with Gasteiger partial charge in [-0.25, -0.2) is 0 Å². The lowest BCUT2D eigenvalue weighted by atomic mass is 10.9. The zero-order valence-corrected chi connectivity index (χ0v) is 3.19. The molecule has 0 spiro atoms. The van der Waals surface area contributed by atoms with Crippen LogP contribution in [0, 0.1) is 5.41 Å². The topological polar surface area (TPSA) is 33.1 Å². The van der Waals surface area contributed by atoms with Crippen LogP contribution >= 0.6 is 0 Å². The highest BCUT2D eigenvalue weighted by atomic mass is 16.6. The fraction of sp³-hybridized carbons (Fsp3) is 0.667. The predicted octanol–water partition coefficient (Wildman–Crippen LogP) is 0.630. The molecule has 0 fully saturated rings. The summed E-state index contributed by atoms with van der Waals surface area (Å²) in [5.74, 6) is 0. The van der Waals surface area contributed by atoms with Crippen molar-refractivity contribution in [1.82, 2.24) is 0 Å². The third kappa shape index (κ3) is 3.47. The average Bonchev–Trinajstić information content (AvgIpc) is 1.41. The van der Waals surface area contributed by atoms with E-state index in [0.717, 1.165) is 6.40 Å². The van der Waals surface area contributed by atoms with Crippen LogP contribution in [0.1, 0.15) is 6.92 Å². The molecule has 0 aromatic heterocycles. The lowest BCUT2D eigenvalue weighted by molar-refractivity contribution is 0.341. The van der Waals surface area contributed by atoms with Crippen molar-refractivity contribution in [3.8, 4) is 0 Å². The maximum Gasteiger partial charge on any atom is 0.166 e. The summed E-state index contributed by atoms with van der Waals surface area (Å²) in [5.41, 5.74) is 0. The Morgan fingerprint density at radius 2 is 2.60 bits per heavy atom. The first-order valence-electron chi connectivity index (χ1n) is 1.52. The van der Waals surface area contributed by atoms with Crippen LogP contribution in [0.2, 0.25) is 0 Å². The minimum Gasteiger partial charge on any atom is -0.484 e. The Balaban J connectivity index is 2.40. The summed E-state index contributed by atoms with van der Waals surface area (Å²) in [7, 11) is 0. The molecule has 0 radical (unpaired) electrons. The molecule has 0 rings (SSSR count). The highest BCUT2D eigenvalue weighted by Gasteiger charge is 1.57. The Bertz CT molecular complexity index is 28.1. The standard InChI is InChI=1S/C3H7NO/c1-2-5-3-4/h3-4H,2H2,1H3/i3+2. The molecule has 0 unspecified atom stereocenters. The van der Waals surface area contributed by atoms with Gasteiger partial charge in [0.05, 0.1) is 6.61 Å². The Morgan fingerprint density at radius 3 is 2.60 bits per heavy atom. The molecule has 5 heavy (non-hydrogen) atoms. The third-order valence-electron chi connectivity index (χ3n) is 0.250. The molecule has 0 aliphatic rings. The smallest absolute Gasteiger partial charge is 0.166 e. The fourth-order valence-corrected chi connectivity index (χ4v) is 0.0833. The van der Waals surface area contributed by atoms with Gasteiger partial charge < -0.3 is 4.74 Å². The highest BCUT2D eigenvalue weighted by Crippen LogP contribution is 1.56. The van der Waals surface area contributed by atoms with E-state index in [1.165, 1.54) is 0 Å². The van der Waals surface area contributed by atoms with E-state index in [1.54, 1.807) is 0 Å². The molecule has 0 aromatic rings. The van der Waals surface area contributed by atoms with Crippen molar-refractivity contribution in [2.45, 2.75) is 6.92 Å². The molecule has 0 heterocycles. The molecule has 0 aliphatic carbocycles. The lowest BCUT2D eigenvalue weighted by Gasteiger charge is -1.82. The number of hydrogen-bond donors (Lipinski definition) is 1. The van der Waals surface area contributed by atoms with Crippen LogP contribution in [0.5, 0.6) is 0 Å². The molecule has 1 N–H and O–H groups in total. The molecule has 0 aromatic carbocycles. The number of ether oxygens (including phenoxy) is 1. The van der Waals surface area contributed by atoms with Gasteiger partial charge in [-0.2, -0.15) is 0 Å². The normalized spacial score (nSPS) is 6.60. The van der Waals surface area contributed by atoms with Gasteiger partial charge in [0.15, 0.2) is 6.40 Å². The number of hydrogen-bond acceptors (Lipinski definition) is 2. The number of nitrogens with one attached hydrogen (secondary N) is 1. The zero-order valence-electron chi connectivity index (χ0n) is 3.19. The fourth-order valence-electron chi connectivity index (χ4n) is 0.0833. The first kappa shape index (κ1) is 4.47. The summed E-state index contributed by atoms with van der Waals surface area (Å²) in [6.45, 7) is 2.44. The summed E-state index contributed by atoms with van der Waals surface area (Å²) in [5, 5.41) is 6.26. The average molecular weight is 75.1 g/mol. The SMILES string of the molecule is CCO[14CH]=N.